The van der Waals surface area contributed by atoms with Crippen LogP contribution in [0.1, 0.15) is 6.42 Å². The molecule has 1 fully saturated rings. The lowest BCUT2D eigenvalue weighted by molar-refractivity contribution is -0.131. The van der Waals surface area contributed by atoms with Gasteiger partial charge in [0, 0.05) is 24.5 Å². The maximum atomic E-state index is 12.0. The predicted octanol–water partition coefficient (Wildman–Crippen LogP) is 0.414. The molecule has 2 aromatic heterocycles. The lowest BCUT2D eigenvalue weighted by Gasteiger charge is -2.16. The minimum atomic E-state index is 0.0332. The highest BCUT2D eigenvalue weighted by Crippen LogP contribution is 2.20. The number of hydrogen-bond acceptors (Lipinski definition) is 6. The van der Waals surface area contributed by atoms with E-state index in [0.29, 0.717) is 18.3 Å². The minimum absolute atomic E-state index is 0.0332. The molecule has 19 heavy (non-hydrogen) atoms. The molecule has 2 aromatic rings. The highest BCUT2D eigenvalue weighted by atomic mass is 32.1. The molecule has 0 bridgehead atoms. The number of rotatable bonds is 4. The molecule has 1 saturated heterocycles. The summed E-state index contributed by atoms with van der Waals surface area (Å²) in [6.45, 7) is 1.54. The fraction of sp³-hybridized carbons (Fsp3) is 0.455. The number of thiazole rings is 1. The van der Waals surface area contributed by atoms with Crippen LogP contribution in [0.3, 0.4) is 0 Å². The van der Waals surface area contributed by atoms with E-state index in [1.165, 1.54) is 28.7 Å². The topological polar surface area (TPSA) is 73.1 Å². The minimum Gasteiger partial charge on any atom is -0.465 e. The number of carbonyl (C=O) groups is 1. The normalized spacial score (nSPS) is 18.7. The number of nitrogens with zero attached hydrogens (tertiary/aromatic N) is 5. The summed E-state index contributed by atoms with van der Waals surface area (Å²) in [4.78, 5) is 21.7. The number of carbonyl (C=O) groups excluding carboxylic acids is 1. The summed E-state index contributed by atoms with van der Waals surface area (Å²) < 4.78 is 7.23. The van der Waals surface area contributed by atoms with Crippen molar-refractivity contribution in [2.45, 2.75) is 19.1 Å². The van der Waals surface area contributed by atoms with Crippen molar-refractivity contribution in [1.29, 1.82) is 0 Å². The number of hydrogen-bond donors (Lipinski definition) is 0. The first-order chi connectivity index (χ1) is 9.31. The average Bonchev–Trinajstić information content (AvgIpc) is 3.10. The third-order valence-corrected chi connectivity index (χ3v) is 3.60. The molecule has 1 unspecified atom stereocenters. The van der Waals surface area contributed by atoms with Gasteiger partial charge < -0.3 is 9.64 Å². The molecule has 0 radical (unpaired) electrons. The Balaban J connectivity index is 1.52. The Labute approximate surface area is 113 Å². The molecule has 0 N–H and O–H groups in total. The molecule has 7 nitrogen and oxygen atoms in total. The van der Waals surface area contributed by atoms with E-state index < -0.39 is 0 Å². The van der Waals surface area contributed by atoms with Crippen LogP contribution in [0.25, 0.3) is 0 Å². The summed E-state index contributed by atoms with van der Waals surface area (Å²) in [7, 11) is 0. The molecule has 0 aliphatic carbocycles. The Morgan fingerprint density at radius 2 is 2.53 bits per heavy atom. The zero-order valence-corrected chi connectivity index (χ0v) is 11.0. The molecule has 1 aliphatic rings. The summed E-state index contributed by atoms with van der Waals surface area (Å²) in [5.74, 6) is 0.0377. The third kappa shape index (κ3) is 2.90. The zero-order chi connectivity index (χ0) is 13.1. The first-order valence-electron chi connectivity index (χ1n) is 5.97. The van der Waals surface area contributed by atoms with Crippen molar-refractivity contribution in [1.82, 2.24) is 24.6 Å². The van der Waals surface area contributed by atoms with Crippen LogP contribution in [0.5, 0.6) is 5.19 Å². The summed E-state index contributed by atoms with van der Waals surface area (Å²) in [6.07, 6.45) is 5.54. The largest absolute Gasteiger partial charge is 0.465 e. The quantitative estimate of drug-likeness (QED) is 0.810. The molecule has 100 valence electrons. The van der Waals surface area contributed by atoms with E-state index in [1.54, 1.807) is 11.1 Å². The van der Waals surface area contributed by atoms with Crippen molar-refractivity contribution in [3.05, 3.63) is 24.2 Å². The number of amides is 1. The van der Waals surface area contributed by atoms with Crippen LogP contribution in [0.2, 0.25) is 0 Å². The van der Waals surface area contributed by atoms with Gasteiger partial charge in [-0.3, -0.25) is 4.79 Å². The lowest BCUT2D eigenvalue weighted by atomic mass is 10.3. The molecule has 1 atom stereocenters. The van der Waals surface area contributed by atoms with Crippen LogP contribution in [-0.4, -0.2) is 49.7 Å². The molecular weight excluding hydrogens is 266 g/mol. The molecular formula is C11H13N5O2S. The molecule has 8 heteroatoms. The Bertz CT molecular complexity index is 527. The van der Waals surface area contributed by atoms with Gasteiger partial charge in [0.15, 0.2) is 0 Å². The van der Waals surface area contributed by atoms with Gasteiger partial charge in [0.25, 0.3) is 5.19 Å². The third-order valence-electron chi connectivity index (χ3n) is 2.94. The van der Waals surface area contributed by atoms with Crippen molar-refractivity contribution in [3.63, 3.8) is 0 Å². The van der Waals surface area contributed by atoms with Gasteiger partial charge in [-0.25, -0.2) is 14.6 Å². The van der Waals surface area contributed by atoms with Crippen LogP contribution >= 0.6 is 11.3 Å². The molecule has 0 aromatic carbocycles. The highest BCUT2D eigenvalue weighted by molar-refractivity contribution is 7.11. The van der Waals surface area contributed by atoms with Crippen LogP contribution < -0.4 is 4.74 Å². The second-order valence-corrected chi connectivity index (χ2v) is 5.12. The van der Waals surface area contributed by atoms with Gasteiger partial charge in [0.05, 0.1) is 6.54 Å². The van der Waals surface area contributed by atoms with E-state index in [1.807, 2.05) is 5.38 Å². The Kier molecular flexibility index (Phi) is 3.41. The second-order valence-electron chi connectivity index (χ2n) is 4.26. The van der Waals surface area contributed by atoms with E-state index in [2.05, 4.69) is 15.1 Å². The van der Waals surface area contributed by atoms with Gasteiger partial charge in [0.1, 0.15) is 25.3 Å². The summed E-state index contributed by atoms with van der Waals surface area (Å²) in [5.41, 5.74) is 0. The van der Waals surface area contributed by atoms with Gasteiger partial charge in [-0.15, -0.1) is 0 Å². The standard InChI is InChI=1S/C11H13N5O2S/c17-10(6-16-8-12-7-14-16)15-3-1-9(5-15)18-11-13-2-4-19-11/h2,4,7-9H,1,3,5-6H2. The van der Waals surface area contributed by atoms with E-state index in [0.717, 1.165) is 6.42 Å². The van der Waals surface area contributed by atoms with Crippen molar-refractivity contribution >= 4 is 17.2 Å². The molecule has 0 spiro atoms. The predicted molar refractivity (Wildman–Crippen MR) is 67.7 cm³/mol. The van der Waals surface area contributed by atoms with Crippen molar-refractivity contribution in [3.8, 4) is 5.19 Å². The van der Waals surface area contributed by atoms with Gasteiger partial charge in [-0.1, -0.05) is 11.3 Å². The van der Waals surface area contributed by atoms with Crippen LogP contribution in [0.15, 0.2) is 24.2 Å². The van der Waals surface area contributed by atoms with E-state index in [4.69, 9.17) is 4.74 Å². The highest BCUT2D eigenvalue weighted by Gasteiger charge is 2.28. The Morgan fingerprint density at radius 1 is 1.58 bits per heavy atom. The fourth-order valence-electron chi connectivity index (χ4n) is 2.02. The van der Waals surface area contributed by atoms with Gasteiger partial charge in [-0.05, 0) is 0 Å². The summed E-state index contributed by atoms with van der Waals surface area (Å²) in [5, 5.41) is 6.46. The van der Waals surface area contributed by atoms with Gasteiger partial charge >= 0.3 is 0 Å². The summed E-state index contributed by atoms with van der Waals surface area (Å²) >= 11 is 1.46. The van der Waals surface area contributed by atoms with Gasteiger partial charge in [-0.2, -0.15) is 5.10 Å². The molecule has 1 amide bonds. The molecule has 3 heterocycles. The maximum Gasteiger partial charge on any atom is 0.273 e. The van der Waals surface area contributed by atoms with E-state index in [9.17, 15) is 4.79 Å². The van der Waals surface area contributed by atoms with Crippen LogP contribution in [0, 0.1) is 0 Å². The lowest BCUT2D eigenvalue weighted by Crippen LogP contribution is -2.33. The second kappa shape index (κ2) is 5.35. The molecule has 0 saturated carbocycles. The number of aromatic nitrogens is 4. The van der Waals surface area contributed by atoms with Crippen LogP contribution in [0.4, 0.5) is 0 Å². The van der Waals surface area contributed by atoms with Gasteiger partial charge in [0.2, 0.25) is 5.91 Å². The Hall–Kier alpha value is -1.96. The Morgan fingerprint density at radius 3 is 3.26 bits per heavy atom. The first kappa shape index (κ1) is 12.1. The smallest absolute Gasteiger partial charge is 0.273 e. The van der Waals surface area contributed by atoms with Crippen molar-refractivity contribution in [2.75, 3.05) is 13.1 Å². The molecule has 3 rings (SSSR count). The first-order valence-corrected chi connectivity index (χ1v) is 6.85. The van der Waals surface area contributed by atoms with Crippen LogP contribution in [-0.2, 0) is 11.3 Å². The SMILES string of the molecule is O=C(Cn1cncn1)N1CCC(Oc2nccs2)C1. The monoisotopic (exact) mass is 279 g/mol. The zero-order valence-electron chi connectivity index (χ0n) is 10.2. The summed E-state index contributed by atoms with van der Waals surface area (Å²) in [6, 6.07) is 0. The average molecular weight is 279 g/mol. The van der Waals surface area contributed by atoms with Crippen molar-refractivity contribution < 1.29 is 9.53 Å². The fourth-order valence-corrected chi connectivity index (χ4v) is 2.57. The number of likely N-dealkylation sites (tertiary alicyclic amines) is 1. The molecule has 1 aliphatic heterocycles. The maximum absolute atomic E-state index is 12.0. The number of ether oxygens (including phenoxy) is 1. The van der Waals surface area contributed by atoms with E-state index in [-0.39, 0.29) is 18.6 Å². The van der Waals surface area contributed by atoms with Crippen molar-refractivity contribution in [2.24, 2.45) is 0 Å². The van der Waals surface area contributed by atoms with E-state index >= 15 is 0 Å².